The SMILES string of the molecule is CCC(N)=O.O=C(O)CCCC(=O)O.Oc1ccccc1. The zero-order chi connectivity index (χ0) is 16.7. The van der Waals surface area contributed by atoms with E-state index in [1.54, 1.807) is 31.2 Å². The van der Waals surface area contributed by atoms with Crippen LogP contribution < -0.4 is 5.73 Å². The molecule has 0 aliphatic carbocycles. The number of carboxylic acid groups (broad SMARTS) is 2. The second-order valence-corrected chi connectivity index (χ2v) is 3.80. The van der Waals surface area contributed by atoms with Crippen LogP contribution in [0.3, 0.4) is 0 Å². The van der Waals surface area contributed by atoms with Gasteiger partial charge in [0, 0.05) is 19.3 Å². The Morgan fingerprint density at radius 1 is 1.00 bits per heavy atom. The first-order valence-electron chi connectivity index (χ1n) is 6.25. The summed E-state index contributed by atoms with van der Waals surface area (Å²) in [5.41, 5.74) is 4.65. The highest BCUT2D eigenvalue weighted by Gasteiger charge is 1.99. The summed E-state index contributed by atoms with van der Waals surface area (Å²) in [5, 5.41) is 24.7. The lowest BCUT2D eigenvalue weighted by Gasteiger charge is -1.89. The van der Waals surface area contributed by atoms with Crippen molar-refractivity contribution in [3.8, 4) is 5.75 Å². The van der Waals surface area contributed by atoms with E-state index in [1.807, 2.05) is 6.07 Å². The van der Waals surface area contributed by atoms with Crippen LogP contribution in [0.5, 0.6) is 5.75 Å². The molecule has 0 spiro atoms. The lowest BCUT2D eigenvalue weighted by atomic mass is 10.2. The van der Waals surface area contributed by atoms with E-state index in [0.29, 0.717) is 12.2 Å². The Labute approximate surface area is 123 Å². The van der Waals surface area contributed by atoms with E-state index in [-0.39, 0.29) is 25.2 Å². The number of aromatic hydroxyl groups is 1. The number of phenolic OH excluding ortho intramolecular Hbond substituents is 1. The molecular weight excluding hydrogens is 278 g/mol. The third-order valence-corrected chi connectivity index (χ3v) is 1.89. The van der Waals surface area contributed by atoms with Gasteiger partial charge in [-0.25, -0.2) is 0 Å². The molecule has 0 aliphatic rings. The van der Waals surface area contributed by atoms with E-state index >= 15 is 0 Å². The number of carbonyl (C=O) groups excluding carboxylic acids is 1. The number of amides is 1. The Balaban J connectivity index is 0. The molecule has 1 aromatic rings. The maximum atomic E-state index is 9.79. The number of carbonyl (C=O) groups is 3. The van der Waals surface area contributed by atoms with E-state index in [2.05, 4.69) is 5.73 Å². The number of hydrogen-bond acceptors (Lipinski definition) is 4. The molecule has 5 N–H and O–H groups in total. The van der Waals surface area contributed by atoms with E-state index in [4.69, 9.17) is 15.3 Å². The van der Waals surface area contributed by atoms with Gasteiger partial charge in [0.25, 0.3) is 0 Å². The number of hydrogen-bond donors (Lipinski definition) is 4. The van der Waals surface area contributed by atoms with Gasteiger partial charge in [-0.3, -0.25) is 14.4 Å². The Morgan fingerprint density at radius 2 is 1.38 bits per heavy atom. The van der Waals surface area contributed by atoms with E-state index in [1.165, 1.54) is 0 Å². The predicted octanol–water partition coefficient (Wildman–Crippen LogP) is 1.60. The monoisotopic (exact) mass is 299 g/mol. The van der Waals surface area contributed by atoms with Crippen molar-refractivity contribution in [2.75, 3.05) is 0 Å². The van der Waals surface area contributed by atoms with Crippen LogP contribution in [-0.2, 0) is 14.4 Å². The maximum Gasteiger partial charge on any atom is 0.303 e. The van der Waals surface area contributed by atoms with Crippen molar-refractivity contribution in [1.82, 2.24) is 0 Å². The summed E-state index contributed by atoms with van der Waals surface area (Å²) < 4.78 is 0. The fourth-order valence-electron chi connectivity index (χ4n) is 0.819. The Kier molecular flexibility index (Phi) is 13.7. The standard InChI is InChI=1S/C6H6O.C5H8O4.C3H7NO/c7-6-4-2-1-3-5-6;6-4(7)2-1-3-5(8)9;1-2-3(4)5/h1-5,7H;1-3H2,(H,6,7)(H,8,9);2H2,1H3,(H2,4,5). The van der Waals surface area contributed by atoms with Crippen molar-refractivity contribution < 1.29 is 29.7 Å². The molecule has 0 radical (unpaired) electrons. The number of phenols is 1. The molecule has 0 bridgehead atoms. The van der Waals surface area contributed by atoms with Crippen molar-refractivity contribution in [2.45, 2.75) is 32.6 Å². The lowest BCUT2D eigenvalue weighted by Crippen LogP contribution is -2.06. The van der Waals surface area contributed by atoms with Crippen LogP contribution in [0.15, 0.2) is 30.3 Å². The molecule has 21 heavy (non-hydrogen) atoms. The quantitative estimate of drug-likeness (QED) is 0.651. The summed E-state index contributed by atoms with van der Waals surface area (Å²) in [6, 6.07) is 8.71. The summed E-state index contributed by atoms with van der Waals surface area (Å²) in [7, 11) is 0. The fourth-order valence-corrected chi connectivity index (χ4v) is 0.819. The van der Waals surface area contributed by atoms with Gasteiger partial charge < -0.3 is 21.1 Å². The van der Waals surface area contributed by atoms with Gasteiger partial charge >= 0.3 is 11.9 Å². The molecule has 118 valence electrons. The number of primary amides is 1. The van der Waals surface area contributed by atoms with Crippen molar-refractivity contribution >= 4 is 17.8 Å². The summed E-state index contributed by atoms with van der Waals surface area (Å²) in [6.07, 6.45) is 0.531. The molecule has 1 aromatic carbocycles. The van der Waals surface area contributed by atoms with Crippen LogP contribution in [0.4, 0.5) is 0 Å². The normalized spacial score (nSPS) is 8.43. The molecule has 1 rings (SSSR count). The average Bonchev–Trinajstić information content (AvgIpc) is 2.40. The minimum atomic E-state index is -0.948. The van der Waals surface area contributed by atoms with Gasteiger partial charge in [-0.05, 0) is 18.6 Å². The molecule has 0 aliphatic heterocycles. The summed E-state index contributed by atoms with van der Waals surface area (Å²) in [4.78, 5) is 29.2. The highest BCUT2D eigenvalue weighted by Crippen LogP contribution is 2.02. The van der Waals surface area contributed by atoms with E-state index in [9.17, 15) is 14.4 Å². The van der Waals surface area contributed by atoms with Gasteiger partial charge in [0.05, 0.1) is 0 Å². The van der Waals surface area contributed by atoms with Gasteiger partial charge in [0.2, 0.25) is 5.91 Å². The van der Waals surface area contributed by atoms with Gasteiger partial charge in [-0.1, -0.05) is 25.1 Å². The maximum absolute atomic E-state index is 9.79. The van der Waals surface area contributed by atoms with Gasteiger partial charge in [-0.15, -0.1) is 0 Å². The first kappa shape index (κ1) is 20.7. The Morgan fingerprint density at radius 3 is 1.57 bits per heavy atom. The third-order valence-electron chi connectivity index (χ3n) is 1.89. The minimum absolute atomic E-state index is 0.0632. The van der Waals surface area contributed by atoms with Gasteiger partial charge in [0.1, 0.15) is 5.75 Å². The van der Waals surface area contributed by atoms with Crippen LogP contribution in [-0.4, -0.2) is 33.2 Å². The van der Waals surface area contributed by atoms with Crippen molar-refractivity contribution in [2.24, 2.45) is 5.73 Å². The van der Waals surface area contributed by atoms with E-state index < -0.39 is 11.9 Å². The summed E-state index contributed by atoms with van der Waals surface area (Å²) in [6.45, 7) is 1.72. The minimum Gasteiger partial charge on any atom is -0.508 e. The van der Waals surface area contributed by atoms with Crippen molar-refractivity contribution in [3.05, 3.63) is 30.3 Å². The lowest BCUT2D eigenvalue weighted by molar-refractivity contribution is -0.138. The van der Waals surface area contributed by atoms with E-state index in [0.717, 1.165) is 0 Å². The highest BCUT2D eigenvalue weighted by molar-refractivity contribution is 5.73. The molecule has 0 saturated carbocycles. The molecule has 0 saturated heterocycles. The molecule has 0 heterocycles. The average molecular weight is 299 g/mol. The molecule has 0 unspecified atom stereocenters. The fraction of sp³-hybridized carbons (Fsp3) is 0.357. The zero-order valence-electron chi connectivity index (χ0n) is 11.9. The van der Waals surface area contributed by atoms with Crippen LogP contribution in [0, 0.1) is 0 Å². The Hall–Kier alpha value is -2.57. The molecule has 1 amide bonds. The number of carboxylic acids is 2. The van der Waals surface area contributed by atoms with Crippen molar-refractivity contribution in [3.63, 3.8) is 0 Å². The molecule has 0 fully saturated rings. The smallest absolute Gasteiger partial charge is 0.303 e. The number of benzene rings is 1. The third kappa shape index (κ3) is 23.0. The number of para-hydroxylation sites is 1. The van der Waals surface area contributed by atoms with Gasteiger partial charge in [-0.2, -0.15) is 0 Å². The van der Waals surface area contributed by atoms with Gasteiger partial charge in [0.15, 0.2) is 0 Å². The molecule has 0 aromatic heterocycles. The van der Waals surface area contributed by atoms with Crippen LogP contribution >= 0.6 is 0 Å². The Bertz CT molecular complexity index is 405. The molecule has 7 nitrogen and oxygen atoms in total. The van der Waals surface area contributed by atoms with Crippen LogP contribution in [0.25, 0.3) is 0 Å². The predicted molar refractivity (Wildman–Crippen MR) is 76.7 cm³/mol. The second kappa shape index (κ2) is 13.9. The second-order valence-electron chi connectivity index (χ2n) is 3.80. The first-order chi connectivity index (χ1) is 9.79. The highest BCUT2D eigenvalue weighted by atomic mass is 16.4. The first-order valence-corrected chi connectivity index (χ1v) is 6.25. The molecule has 7 heteroatoms. The number of rotatable bonds is 5. The summed E-state index contributed by atoms with van der Waals surface area (Å²) >= 11 is 0. The molecular formula is C14H21NO6. The van der Waals surface area contributed by atoms with Crippen LogP contribution in [0.1, 0.15) is 32.6 Å². The number of aliphatic carboxylic acids is 2. The summed E-state index contributed by atoms with van der Waals surface area (Å²) in [5.74, 6) is -1.82. The largest absolute Gasteiger partial charge is 0.508 e. The van der Waals surface area contributed by atoms with Crippen LogP contribution in [0.2, 0.25) is 0 Å². The topological polar surface area (TPSA) is 138 Å². The zero-order valence-corrected chi connectivity index (χ0v) is 11.9. The molecule has 0 atom stereocenters. The number of nitrogens with two attached hydrogens (primary N) is 1. The van der Waals surface area contributed by atoms with Crippen molar-refractivity contribution in [1.29, 1.82) is 0 Å².